The van der Waals surface area contributed by atoms with Crippen LogP contribution in [0.3, 0.4) is 0 Å². The first-order chi connectivity index (χ1) is 13.6. The molecule has 0 spiro atoms. The van der Waals surface area contributed by atoms with E-state index in [1.807, 2.05) is 31.2 Å². The summed E-state index contributed by atoms with van der Waals surface area (Å²) in [5, 5.41) is 13.6. The number of anilines is 1. The van der Waals surface area contributed by atoms with Crippen LogP contribution in [0.15, 0.2) is 48.5 Å². The van der Waals surface area contributed by atoms with E-state index in [9.17, 15) is 23.3 Å². The lowest BCUT2D eigenvalue weighted by Gasteiger charge is -2.23. The van der Waals surface area contributed by atoms with Gasteiger partial charge >= 0.3 is 0 Å². The van der Waals surface area contributed by atoms with Gasteiger partial charge in [-0.15, -0.1) is 0 Å². The Kier molecular flexibility index (Phi) is 7.16. The predicted octanol–water partition coefficient (Wildman–Crippen LogP) is 2.25. The molecule has 10 heteroatoms. The van der Waals surface area contributed by atoms with E-state index in [4.69, 9.17) is 4.74 Å². The maximum Gasteiger partial charge on any atom is 0.271 e. The van der Waals surface area contributed by atoms with Crippen LogP contribution in [-0.4, -0.2) is 44.7 Å². The van der Waals surface area contributed by atoms with E-state index in [1.165, 1.54) is 18.2 Å². The van der Waals surface area contributed by atoms with Crippen molar-refractivity contribution in [2.75, 3.05) is 23.7 Å². The molecule has 0 saturated carbocycles. The molecule has 2 aromatic carbocycles. The quantitative estimate of drug-likeness (QED) is 0.490. The zero-order valence-electron chi connectivity index (χ0n) is 16.4. The van der Waals surface area contributed by atoms with Crippen molar-refractivity contribution in [1.82, 2.24) is 5.32 Å². The SMILES string of the molecule is Cc1ccc(OCC(C)NC(=O)CN(c2cccc([N+](=O)[O-])c2)S(C)(=O)=O)cc1. The minimum absolute atomic E-state index is 0.0420. The van der Waals surface area contributed by atoms with E-state index in [0.717, 1.165) is 22.2 Å². The molecule has 0 aliphatic carbocycles. The Labute approximate surface area is 169 Å². The molecule has 29 heavy (non-hydrogen) atoms. The summed E-state index contributed by atoms with van der Waals surface area (Å²) in [7, 11) is -3.83. The van der Waals surface area contributed by atoms with E-state index in [1.54, 1.807) is 6.92 Å². The first-order valence-electron chi connectivity index (χ1n) is 8.77. The molecule has 1 atom stereocenters. The van der Waals surface area contributed by atoms with Crippen molar-refractivity contribution < 1.29 is 22.9 Å². The summed E-state index contributed by atoms with van der Waals surface area (Å²) in [6, 6.07) is 12.2. The molecule has 0 bridgehead atoms. The Balaban J connectivity index is 2.02. The van der Waals surface area contributed by atoms with Crippen LogP contribution < -0.4 is 14.4 Å². The number of nitrogens with one attached hydrogen (secondary N) is 1. The van der Waals surface area contributed by atoms with Crippen molar-refractivity contribution in [3.63, 3.8) is 0 Å². The average molecular weight is 421 g/mol. The third-order valence-electron chi connectivity index (χ3n) is 3.94. The number of hydrogen-bond donors (Lipinski definition) is 1. The van der Waals surface area contributed by atoms with Gasteiger partial charge in [-0.25, -0.2) is 8.42 Å². The molecule has 1 N–H and O–H groups in total. The monoisotopic (exact) mass is 421 g/mol. The topological polar surface area (TPSA) is 119 Å². The van der Waals surface area contributed by atoms with Gasteiger partial charge in [0.05, 0.1) is 22.9 Å². The summed E-state index contributed by atoms with van der Waals surface area (Å²) in [4.78, 5) is 22.7. The second kappa shape index (κ2) is 9.37. The highest BCUT2D eigenvalue weighted by Crippen LogP contribution is 2.23. The van der Waals surface area contributed by atoms with E-state index in [-0.39, 0.29) is 24.0 Å². The maximum atomic E-state index is 12.4. The second-order valence-electron chi connectivity index (χ2n) is 6.64. The Hall–Kier alpha value is -3.14. The van der Waals surface area contributed by atoms with Crippen molar-refractivity contribution in [2.24, 2.45) is 0 Å². The molecule has 0 fully saturated rings. The number of carbonyl (C=O) groups excluding carboxylic acids is 1. The molecule has 0 aliphatic rings. The van der Waals surface area contributed by atoms with Gasteiger partial charge in [-0.1, -0.05) is 23.8 Å². The molecular weight excluding hydrogens is 398 g/mol. The van der Waals surface area contributed by atoms with Crippen LogP contribution in [-0.2, 0) is 14.8 Å². The van der Waals surface area contributed by atoms with E-state index in [2.05, 4.69) is 5.32 Å². The smallest absolute Gasteiger partial charge is 0.271 e. The Morgan fingerprint density at radius 2 is 1.90 bits per heavy atom. The fourth-order valence-corrected chi connectivity index (χ4v) is 3.36. The number of ether oxygens (including phenoxy) is 1. The summed E-state index contributed by atoms with van der Waals surface area (Å²) < 4.78 is 30.7. The number of benzene rings is 2. The molecule has 1 amide bonds. The summed E-state index contributed by atoms with van der Waals surface area (Å²) in [5.41, 5.74) is 0.873. The molecule has 156 valence electrons. The number of nitrogens with zero attached hydrogens (tertiary/aromatic N) is 2. The number of rotatable bonds is 9. The molecule has 9 nitrogen and oxygen atoms in total. The van der Waals surface area contributed by atoms with Crippen LogP contribution in [0.4, 0.5) is 11.4 Å². The Morgan fingerprint density at radius 1 is 1.24 bits per heavy atom. The van der Waals surface area contributed by atoms with Crippen LogP contribution in [0.25, 0.3) is 0 Å². The van der Waals surface area contributed by atoms with Gasteiger partial charge in [0.15, 0.2) is 0 Å². The lowest BCUT2D eigenvalue weighted by molar-refractivity contribution is -0.384. The van der Waals surface area contributed by atoms with Gasteiger partial charge in [0.2, 0.25) is 15.9 Å². The first-order valence-corrected chi connectivity index (χ1v) is 10.6. The number of nitro benzene ring substituents is 1. The van der Waals surface area contributed by atoms with Crippen LogP contribution in [0.2, 0.25) is 0 Å². The lowest BCUT2D eigenvalue weighted by Crippen LogP contribution is -2.44. The molecule has 0 saturated heterocycles. The lowest BCUT2D eigenvalue weighted by atomic mass is 10.2. The van der Waals surface area contributed by atoms with Gasteiger partial charge in [0.1, 0.15) is 18.9 Å². The first kappa shape index (κ1) is 22.2. The molecule has 0 radical (unpaired) electrons. The molecule has 1 unspecified atom stereocenters. The summed E-state index contributed by atoms with van der Waals surface area (Å²) in [6.07, 6.45) is 0.934. The van der Waals surface area contributed by atoms with Gasteiger partial charge in [-0.2, -0.15) is 0 Å². The van der Waals surface area contributed by atoms with E-state index < -0.39 is 27.4 Å². The third-order valence-corrected chi connectivity index (χ3v) is 5.09. The van der Waals surface area contributed by atoms with Crippen molar-refractivity contribution in [1.29, 1.82) is 0 Å². The molecular formula is C19H23N3O6S. The van der Waals surface area contributed by atoms with Crippen LogP contribution in [0.1, 0.15) is 12.5 Å². The largest absolute Gasteiger partial charge is 0.491 e. The number of sulfonamides is 1. The Bertz CT molecular complexity index is 976. The van der Waals surface area contributed by atoms with Gasteiger partial charge in [-0.05, 0) is 32.0 Å². The van der Waals surface area contributed by atoms with Gasteiger partial charge in [-0.3, -0.25) is 19.2 Å². The molecule has 2 aromatic rings. The molecule has 2 rings (SSSR count). The standard InChI is InChI=1S/C19H23N3O6S/c1-14-7-9-18(10-8-14)28-13-15(2)20-19(23)12-21(29(3,26)27)16-5-4-6-17(11-16)22(24)25/h4-11,15H,12-13H2,1-3H3,(H,20,23). The van der Waals surface area contributed by atoms with E-state index >= 15 is 0 Å². The van der Waals surface area contributed by atoms with Gasteiger partial charge in [0.25, 0.3) is 5.69 Å². The number of hydrogen-bond acceptors (Lipinski definition) is 6. The number of amides is 1. The van der Waals surface area contributed by atoms with E-state index in [0.29, 0.717) is 5.75 Å². The molecule has 0 aliphatic heterocycles. The number of non-ortho nitro benzene ring substituents is 1. The number of nitro groups is 1. The average Bonchev–Trinajstić information content (AvgIpc) is 2.65. The third kappa shape index (κ3) is 6.75. The van der Waals surface area contributed by atoms with Crippen molar-refractivity contribution in [2.45, 2.75) is 19.9 Å². The van der Waals surface area contributed by atoms with Crippen molar-refractivity contribution in [3.05, 3.63) is 64.2 Å². The zero-order chi connectivity index (χ0) is 21.6. The molecule has 0 aromatic heterocycles. The highest BCUT2D eigenvalue weighted by molar-refractivity contribution is 7.92. The van der Waals surface area contributed by atoms with Crippen molar-refractivity contribution >= 4 is 27.3 Å². The van der Waals surface area contributed by atoms with Crippen LogP contribution >= 0.6 is 0 Å². The maximum absolute atomic E-state index is 12.4. The summed E-state index contributed by atoms with van der Waals surface area (Å²) in [6.45, 7) is 3.38. The van der Waals surface area contributed by atoms with Gasteiger partial charge in [0, 0.05) is 12.1 Å². The Morgan fingerprint density at radius 3 is 2.48 bits per heavy atom. The van der Waals surface area contributed by atoms with Crippen LogP contribution in [0.5, 0.6) is 5.75 Å². The zero-order valence-corrected chi connectivity index (χ0v) is 17.2. The van der Waals surface area contributed by atoms with Gasteiger partial charge < -0.3 is 10.1 Å². The highest BCUT2D eigenvalue weighted by Gasteiger charge is 2.23. The predicted molar refractivity (Wildman–Crippen MR) is 110 cm³/mol. The fourth-order valence-electron chi connectivity index (χ4n) is 2.51. The molecule has 0 heterocycles. The normalized spacial score (nSPS) is 12.1. The van der Waals surface area contributed by atoms with Crippen LogP contribution in [0, 0.1) is 17.0 Å². The summed E-state index contributed by atoms with van der Waals surface area (Å²) >= 11 is 0. The number of aryl methyl sites for hydroxylation is 1. The minimum Gasteiger partial charge on any atom is -0.491 e. The minimum atomic E-state index is -3.83. The second-order valence-corrected chi connectivity index (χ2v) is 8.55. The van der Waals surface area contributed by atoms with Crippen molar-refractivity contribution in [3.8, 4) is 5.75 Å². The highest BCUT2D eigenvalue weighted by atomic mass is 32.2. The number of carbonyl (C=O) groups is 1. The summed E-state index contributed by atoms with van der Waals surface area (Å²) in [5.74, 6) is 0.105. The fraction of sp³-hybridized carbons (Fsp3) is 0.316.